The van der Waals surface area contributed by atoms with Crippen LogP contribution in [-0.2, 0) is 29.1 Å². The number of ether oxygens (including phenoxy) is 2. The van der Waals surface area contributed by atoms with Crippen LogP contribution in [0.25, 0.3) is 33.2 Å². The summed E-state index contributed by atoms with van der Waals surface area (Å²) in [5, 5.41) is 0.989. The molecule has 0 saturated carbocycles. The van der Waals surface area contributed by atoms with Gasteiger partial charge >= 0.3 is 5.97 Å². The van der Waals surface area contributed by atoms with E-state index in [-0.39, 0.29) is 12.4 Å². The number of furan rings is 1. The highest BCUT2D eigenvalue weighted by atomic mass is 16.5. The fourth-order valence-electron chi connectivity index (χ4n) is 4.24. The lowest BCUT2D eigenvalue weighted by molar-refractivity contribution is -0.139. The Morgan fingerprint density at radius 3 is 2.64 bits per heavy atom. The highest BCUT2D eigenvalue weighted by Gasteiger charge is 2.14. The molecule has 3 aromatic carbocycles. The molecule has 5 rings (SSSR count). The van der Waals surface area contributed by atoms with Crippen LogP contribution in [0.1, 0.15) is 16.7 Å². The average molecular weight is 479 g/mol. The van der Waals surface area contributed by atoms with E-state index in [1.165, 1.54) is 7.11 Å². The summed E-state index contributed by atoms with van der Waals surface area (Å²) in [6.45, 7) is 0.781. The van der Waals surface area contributed by atoms with Crippen molar-refractivity contribution in [1.82, 2.24) is 4.98 Å². The maximum Gasteiger partial charge on any atom is 0.310 e. The number of nitrogens with two attached hydrogens (primary N) is 1. The summed E-state index contributed by atoms with van der Waals surface area (Å²) < 4.78 is 17.0. The number of carbonyl (C=O) groups excluding carboxylic acids is 1. The monoisotopic (exact) mass is 478 g/mol. The van der Waals surface area contributed by atoms with Gasteiger partial charge in [0.05, 0.1) is 19.8 Å². The predicted molar refractivity (Wildman–Crippen MR) is 139 cm³/mol. The van der Waals surface area contributed by atoms with Crippen molar-refractivity contribution >= 4 is 16.9 Å². The smallest absolute Gasteiger partial charge is 0.310 e. The van der Waals surface area contributed by atoms with Crippen LogP contribution >= 0.6 is 0 Å². The number of hydrogen-bond donors (Lipinski definition) is 1. The van der Waals surface area contributed by atoms with Gasteiger partial charge in [-0.2, -0.15) is 0 Å². The van der Waals surface area contributed by atoms with Crippen LogP contribution in [-0.4, -0.2) is 18.1 Å². The van der Waals surface area contributed by atoms with Crippen molar-refractivity contribution in [3.05, 3.63) is 108 Å². The number of esters is 1. The molecule has 0 spiro atoms. The number of fused-ring (bicyclic) bond motifs is 1. The van der Waals surface area contributed by atoms with Gasteiger partial charge in [0.25, 0.3) is 0 Å². The third-order valence-electron chi connectivity index (χ3n) is 6.10. The summed E-state index contributed by atoms with van der Waals surface area (Å²) in [6.07, 6.45) is 5.35. The van der Waals surface area contributed by atoms with Gasteiger partial charge in [0.1, 0.15) is 17.9 Å². The maximum absolute atomic E-state index is 12.0. The zero-order chi connectivity index (χ0) is 24.9. The van der Waals surface area contributed by atoms with Crippen molar-refractivity contribution in [3.8, 4) is 28.0 Å². The summed E-state index contributed by atoms with van der Waals surface area (Å²) >= 11 is 0. The van der Waals surface area contributed by atoms with E-state index in [1.54, 1.807) is 18.7 Å². The standard InChI is InChI=1S/C30H26N2O4/c1-34-29(33)16-24-8-7-22(26-6-3-10-32-18-26)15-28(24)36-19-21-13-25-9-11-35-30(25)27(14-21)23-5-2-4-20(12-23)17-31/h2-15,18H,16-17,19,31H2,1H3. The molecule has 0 aliphatic heterocycles. The molecule has 0 unspecified atom stereocenters. The van der Waals surface area contributed by atoms with Gasteiger partial charge < -0.3 is 19.6 Å². The van der Waals surface area contributed by atoms with Crippen molar-refractivity contribution < 1.29 is 18.7 Å². The molecule has 0 aliphatic carbocycles. The van der Waals surface area contributed by atoms with E-state index in [0.29, 0.717) is 18.9 Å². The second kappa shape index (κ2) is 10.5. The number of benzene rings is 3. The maximum atomic E-state index is 12.0. The molecule has 6 nitrogen and oxygen atoms in total. The first-order chi connectivity index (χ1) is 17.6. The van der Waals surface area contributed by atoms with E-state index < -0.39 is 0 Å². The molecule has 0 bridgehead atoms. The summed E-state index contributed by atoms with van der Waals surface area (Å²) in [7, 11) is 1.38. The van der Waals surface area contributed by atoms with Gasteiger partial charge in [0.15, 0.2) is 0 Å². The van der Waals surface area contributed by atoms with E-state index in [0.717, 1.165) is 49.9 Å². The fraction of sp³-hybridized carbons (Fsp3) is 0.133. The third kappa shape index (κ3) is 4.99. The molecule has 2 N–H and O–H groups in total. The summed E-state index contributed by atoms with van der Waals surface area (Å²) in [4.78, 5) is 16.2. The molecule has 2 aromatic heterocycles. The molecular formula is C30H26N2O4. The number of nitrogens with zero attached hydrogens (tertiary/aromatic N) is 1. The molecule has 2 heterocycles. The van der Waals surface area contributed by atoms with Gasteiger partial charge in [-0.1, -0.05) is 36.4 Å². The topological polar surface area (TPSA) is 87.6 Å². The number of methoxy groups -OCH3 is 1. The molecule has 6 heteroatoms. The van der Waals surface area contributed by atoms with E-state index in [2.05, 4.69) is 23.2 Å². The predicted octanol–water partition coefficient (Wildman–Crippen LogP) is 5.92. The first-order valence-electron chi connectivity index (χ1n) is 11.7. The molecule has 0 aliphatic rings. The molecule has 36 heavy (non-hydrogen) atoms. The lowest BCUT2D eigenvalue weighted by atomic mass is 9.99. The number of hydrogen-bond acceptors (Lipinski definition) is 6. The van der Waals surface area contributed by atoms with Crippen LogP contribution in [0, 0.1) is 0 Å². The van der Waals surface area contributed by atoms with Crippen LogP contribution in [0.3, 0.4) is 0 Å². The van der Waals surface area contributed by atoms with Crippen LogP contribution in [0.15, 0.2) is 95.9 Å². The second-order valence-electron chi connectivity index (χ2n) is 8.49. The van der Waals surface area contributed by atoms with Gasteiger partial charge in [0, 0.05) is 41.0 Å². The zero-order valence-corrected chi connectivity index (χ0v) is 19.9. The van der Waals surface area contributed by atoms with Gasteiger partial charge in [-0.25, -0.2) is 0 Å². The number of pyridine rings is 1. The summed E-state index contributed by atoms with van der Waals surface area (Å²) in [5.74, 6) is 0.302. The largest absolute Gasteiger partial charge is 0.489 e. The Labute approximate surface area is 209 Å². The molecule has 0 atom stereocenters. The Hall–Kier alpha value is -4.42. The van der Waals surface area contributed by atoms with E-state index >= 15 is 0 Å². The molecule has 5 aromatic rings. The van der Waals surface area contributed by atoms with Crippen LogP contribution in [0.5, 0.6) is 5.75 Å². The minimum absolute atomic E-state index is 0.122. The number of aromatic nitrogens is 1. The normalized spacial score (nSPS) is 10.9. The minimum atomic E-state index is -0.323. The highest BCUT2D eigenvalue weighted by molar-refractivity contribution is 5.93. The third-order valence-corrected chi connectivity index (χ3v) is 6.10. The number of carbonyl (C=O) groups is 1. The fourth-order valence-corrected chi connectivity index (χ4v) is 4.24. The molecule has 0 saturated heterocycles. The van der Waals surface area contributed by atoms with Crippen LogP contribution < -0.4 is 10.5 Å². The first-order valence-corrected chi connectivity index (χ1v) is 11.7. The Kier molecular flexibility index (Phi) is 6.78. The molecular weight excluding hydrogens is 452 g/mol. The molecule has 0 fully saturated rings. The SMILES string of the molecule is COC(=O)Cc1ccc(-c2cccnc2)cc1OCc1cc(-c2cccc(CN)c2)c2occc2c1. The van der Waals surface area contributed by atoms with Crippen molar-refractivity contribution in [2.24, 2.45) is 5.73 Å². The molecule has 180 valence electrons. The Morgan fingerprint density at radius 1 is 0.944 bits per heavy atom. The van der Waals surface area contributed by atoms with Crippen molar-refractivity contribution in [3.63, 3.8) is 0 Å². The highest BCUT2D eigenvalue weighted by Crippen LogP contribution is 2.33. The van der Waals surface area contributed by atoms with E-state index in [1.807, 2.05) is 54.6 Å². The number of rotatable bonds is 8. The summed E-state index contributed by atoms with van der Waals surface area (Å²) in [5.41, 5.74) is 13.4. The van der Waals surface area contributed by atoms with Gasteiger partial charge in [-0.05, 0) is 58.7 Å². The Balaban J connectivity index is 1.49. The quantitative estimate of drug-likeness (QED) is 0.279. The van der Waals surface area contributed by atoms with Gasteiger partial charge in [-0.15, -0.1) is 0 Å². The Morgan fingerprint density at radius 2 is 1.83 bits per heavy atom. The van der Waals surface area contributed by atoms with Crippen molar-refractivity contribution in [1.29, 1.82) is 0 Å². The van der Waals surface area contributed by atoms with E-state index in [4.69, 9.17) is 19.6 Å². The van der Waals surface area contributed by atoms with Crippen LogP contribution in [0.4, 0.5) is 0 Å². The van der Waals surface area contributed by atoms with Crippen molar-refractivity contribution in [2.45, 2.75) is 19.6 Å². The first kappa shape index (κ1) is 23.3. The average Bonchev–Trinajstić information content (AvgIpc) is 3.41. The zero-order valence-electron chi connectivity index (χ0n) is 19.9. The van der Waals surface area contributed by atoms with Crippen molar-refractivity contribution in [2.75, 3.05) is 7.11 Å². The molecule has 0 amide bonds. The lowest BCUT2D eigenvalue weighted by Gasteiger charge is -2.14. The van der Waals surface area contributed by atoms with E-state index in [9.17, 15) is 4.79 Å². The van der Waals surface area contributed by atoms with Gasteiger partial charge in [0.2, 0.25) is 0 Å². The second-order valence-corrected chi connectivity index (χ2v) is 8.49. The lowest BCUT2D eigenvalue weighted by Crippen LogP contribution is -2.07. The van der Waals surface area contributed by atoms with Crippen LogP contribution in [0.2, 0.25) is 0 Å². The Bertz CT molecular complexity index is 1510. The van der Waals surface area contributed by atoms with Gasteiger partial charge in [-0.3, -0.25) is 9.78 Å². The minimum Gasteiger partial charge on any atom is -0.489 e. The summed E-state index contributed by atoms with van der Waals surface area (Å²) in [6, 6.07) is 23.9. The molecule has 0 radical (unpaired) electrons.